The van der Waals surface area contributed by atoms with Crippen molar-refractivity contribution in [3.8, 4) is 0 Å². The lowest BCUT2D eigenvalue weighted by atomic mass is 10.1. The van der Waals surface area contributed by atoms with Crippen LogP contribution < -0.4 is 5.73 Å². The molecule has 0 unspecified atom stereocenters. The van der Waals surface area contributed by atoms with Crippen LogP contribution in [0.2, 0.25) is 0 Å². The molecule has 0 amide bonds. The second kappa shape index (κ2) is 5.48. The predicted octanol–water partition coefficient (Wildman–Crippen LogP) is 3.64. The van der Waals surface area contributed by atoms with Gasteiger partial charge in [0.05, 0.1) is 4.21 Å². The summed E-state index contributed by atoms with van der Waals surface area (Å²) >= 11 is 3.41. The van der Waals surface area contributed by atoms with Crippen molar-refractivity contribution in [3.63, 3.8) is 0 Å². The Bertz CT molecular complexity index is 454. The molecule has 2 N–H and O–H groups in total. The summed E-state index contributed by atoms with van der Waals surface area (Å²) in [7, 11) is 0. The Balaban J connectivity index is 2.11. The molecule has 1 heterocycles. The molecular weight excluding hydrogens is 241 g/mol. The zero-order valence-electron chi connectivity index (χ0n) is 8.65. The second-order valence-corrected chi connectivity index (χ2v) is 5.56. The number of nitrogens with two attached hydrogens (primary N) is 1. The predicted molar refractivity (Wildman–Crippen MR) is 68.2 cm³/mol. The Kier molecular flexibility index (Phi) is 3.98. The molecule has 0 saturated heterocycles. The van der Waals surface area contributed by atoms with E-state index in [1.54, 1.807) is 35.2 Å². The summed E-state index contributed by atoms with van der Waals surface area (Å²) in [6.07, 6.45) is 0. The lowest BCUT2D eigenvalue weighted by Crippen LogP contribution is -2.01. The van der Waals surface area contributed by atoms with E-state index in [1.807, 2.05) is 11.4 Å². The fourth-order valence-electron chi connectivity index (χ4n) is 1.42. The summed E-state index contributed by atoms with van der Waals surface area (Å²) in [4.78, 5) is 0. The highest BCUT2D eigenvalue weighted by Crippen LogP contribution is 2.28. The minimum atomic E-state index is -0.195. The van der Waals surface area contributed by atoms with Crippen molar-refractivity contribution in [3.05, 3.63) is 52.7 Å². The van der Waals surface area contributed by atoms with Crippen LogP contribution in [0.1, 0.15) is 11.1 Å². The van der Waals surface area contributed by atoms with Crippen LogP contribution in [0.15, 0.2) is 39.9 Å². The first-order chi connectivity index (χ1) is 7.79. The fourth-order valence-corrected chi connectivity index (χ4v) is 3.23. The Morgan fingerprint density at radius 1 is 1.25 bits per heavy atom. The molecular formula is C12H12FNS2. The van der Waals surface area contributed by atoms with Gasteiger partial charge in [0, 0.05) is 12.3 Å². The number of benzene rings is 1. The molecule has 2 rings (SSSR count). The number of thioether (sulfide) groups is 1. The van der Waals surface area contributed by atoms with Crippen molar-refractivity contribution in [2.75, 3.05) is 0 Å². The number of rotatable bonds is 4. The maximum Gasteiger partial charge on any atom is 0.123 e. The SMILES string of the molecule is NCc1ccc(F)cc1CSc1cccs1. The van der Waals surface area contributed by atoms with Gasteiger partial charge in [-0.25, -0.2) is 4.39 Å². The van der Waals surface area contributed by atoms with Crippen LogP contribution in [0.5, 0.6) is 0 Å². The molecule has 16 heavy (non-hydrogen) atoms. The number of halogens is 1. The van der Waals surface area contributed by atoms with Crippen molar-refractivity contribution in [1.29, 1.82) is 0 Å². The standard InChI is InChI=1S/C12H12FNS2/c13-11-4-3-9(7-14)10(6-11)8-16-12-2-1-5-15-12/h1-6H,7-8,14H2. The van der Waals surface area contributed by atoms with Gasteiger partial charge in [-0.2, -0.15) is 0 Å². The highest BCUT2D eigenvalue weighted by Gasteiger charge is 2.04. The maximum atomic E-state index is 13.1. The van der Waals surface area contributed by atoms with Gasteiger partial charge in [0.1, 0.15) is 5.82 Å². The van der Waals surface area contributed by atoms with Crippen LogP contribution in [0.3, 0.4) is 0 Å². The van der Waals surface area contributed by atoms with Gasteiger partial charge in [0.2, 0.25) is 0 Å². The first kappa shape index (κ1) is 11.6. The number of thiophene rings is 1. The molecule has 0 spiro atoms. The van der Waals surface area contributed by atoms with Crippen LogP contribution in [-0.4, -0.2) is 0 Å². The van der Waals surface area contributed by atoms with Crippen molar-refractivity contribution in [1.82, 2.24) is 0 Å². The summed E-state index contributed by atoms with van der Waals surface area (Å²) in [5, 5.41) is 2.04. The highest BCUT2D eigenvalue weighted by atomic mass is 32.2. The molecule has 0 fully saturated rings. The monoisotopic (exact) mass is 253 g/mol. The highest BCUT2D eigenvalue weighted by molar-refractivity contribution is 8.00. The van der Waals surface area contributed by atoms with E-state index in [4.69, 9.17) is 5.73 Å². The van der Waals surface area contributed by atoms with Crippen molar-refractivity contribution in [2.45, 2.75) is 16.5 Å². The molecule has 4 heteroatoms. The lowest BCUT2D eigenvalue weighted by molar-refractivity contribution is 0.625. The van der Waals surface area contributed by atoms with E-state index in [2.05, 4.69) is 6.07 Å². The van der Waals surface area contributed by atoms with Gasteiger partial charge in [-0.05, 0) is 34.7 Å². The molecule has 84 valence electrons. The van der Waals surface area contributed by atoms with Gasteiger partial charge in [0.25, 0.3) is 0 Å². The van der Waals surface area contributed by atoms with Gasteiger partial charge >= 0.3 is 0 Å². The van der Waals surface area contributed by atoms with E-state index in [9.17, 15) is 4.39 Å². The van der Waals surface area contributed by atoms with E-state index in [1.165, 1.54) is 10.3 Å². The minimum absolute atomic E-state index is 0.195. The van der Waals surface area contributed by atoms with Crippen LogP contribution in [0.25, 0.3) is 0 Å². The normalized spacial score (nSPS) is 10.6. The molecule has 1 aromatic carbocycles. The third-order valence-electron chi connectivity index (χ3n) is 2.25. The number of hydrogen-bond donors (Lipinski definition) is 1. The van der Waals surface area contributed by atoms with Crippen molar-refractivity contribution in [2.24, 2.45) is 5.73 Å². The largest absolute Gasteiger partial charge is 0.326 e. The maximum absolute atomic E-state index is 13.1. The topological polar surface area (TPSA) is 26.0 Å². The summed E-state index contributed by atoms with van der Waals surface area (Å²) in [6, 6.07) is 8.88. The van der Waals surface area contributed by atoms with E-state index >= 15 is 0 Å². The van der Waals surface area contributed by atoms with Gasteiger partial charge in [0.15, 0.2) is 0 Å². The van der Waals surface area contributed by atoms with E-state index in [0.717, 1.165) is 16.9 Å². The average molecular weight is 253 g/mol. The van der Waals surface area contributed by atoms with Crippen LogP contribution in [0, 0.1) is 5.82 Å². The zero-order valence-corrected chi connectivity index (χ0v) is 10.3. The lowest BCUT2D eigenvalue weighted by Gasteiger charge is -2.06. The Morgan fingerprint density at radius 2 is 2.12 bits per heavy atom. The van der Waals surface area contributed by atoms with Gasteiger partial charge < -0.3 is 5.73 Å². The fraction of sp³-hybridized carbons (Fsp3) is 0.167. The Labute approximate surface area is 102 Å². The van der Waals surface area contributed by atoms with E-state index in [-0.39, 0.29) is 5.82 Å². The Hall–Kier alpha value is -0.840. The quantitative estimate of drug-likeness (QED) is 0.842. The summed E-state index contributed by atoms with van der Waals surface area (Å²) in [5.74, 6) is 0.573. The van der Waals surface area contributed by atoms with Crippen LogP contribution in [0.4, 0.5) is 4.39 Å². The van der Waals surface area contributed by atoms with E-state index < -0.39 is 0 Å². The van der Waals surface area contributed by atoms with Gasteiger partial charge in [-0.3, -0.25) is 0 Å². The van der Waals surface area contributed by atoms with Gasteiger partial charge in [-0.15, -0.1) is 23.1 Å². The van der Waals surface area contributed by atoms with Crippen molar-refractivity contribution >= 4 is 23.1 Å². The molecule has 1 aromatic heterocycles. The molecule has 0 aliphatic rings. The van der Waals surface area contributed by atoms with E-state index in [0.29, 0.717) is 6.54 Å². The third-order valence-corrected chi connectivity index (χ3v) is 4.43. The first-order valence-corrected chi connectivity index (χ1v) is 6.80. The molecule has 2 aromatic rings. The third kappa shape index (κ3) is 2.84. The molecule has 0 aliphatic heterocycles. The first-order valence-electron chi connectivity index (χ1n) is 4.93. The van der Waals surface area contributed by atoms with Crippen LogP contribution >= 0.6 is 23.1 Å². The minimum Gasteiger partial charge on any atom is -0.326 e. The molecule has 0 atom stereocenters. The van der Waals surface area contributed by atoms with Crippen LogP contribution in [-0.2, 0) is 12.3 Å². The Morgan fingerprint density at radius 3 is 2.81 bits per heavy atom. The zero-order chi connectivity index (χ0) is 11.4. The molecule has 0 bridgehead atoms. The van der Waals surface area contributed by atoms with Crippen molar-refractivity contribution < 1.29 is 4.39 Å². The summed E-state index contributed by atoms with van der Waals surface area (Å²) in [6.45, 7) is 0.459. The molecule has 0 aliphatic carbocycles. The summed E-state index contributed by atoms with van der Waals surface area (Å²) < 4.78 is 14.3. The smallest absolute Gasteiger partial charge is 0.123 e. The molecule has 0 saturated carbocycles. The number of hydrogen-bond acceptors (Lipinski definition) is 3. The van der Waals surface area contributed by atoms with Gasteiger partial charge in [-0.1, -0.05) is 12.1 Å². The molecule has 0 radical (unpaired) electrons. The summed E-state index contributed by atoms with van der Waals surface area (Å²) in [5.41, 5.74) is 7.63. The average Bonchev–Trinajstić information content (AvgIpc) is 2.79. The molecule has 1 nitrogen and oxygen atoms in total. The second-order valence-electron chi connectivity index (χ2n) is 3.34.